The van der Waals surface area contributed by atoms with E-state index >= 15 is 0 Å². The number of hydrogen-bond acceptors (Lipinski definition) is 6. The second kappa shape index (κ2) is 11.0. The lowest BCUT2D eigenvalue weighted by Crippen LogP contribution is -2.37. The predicted molar refractivity (Wildman–Crippen MR) is 154 cm³/mol. The summed E-state index contributed by atoms with van der Waals surface area (Å²) in [6, 6.07) is 28.3. The molecule has 3 atom stereocenters. The molecule has 0 bridgehead atoms. The molecule has 6 rings (SSSR count). The molecule has 2 heterocycles. The summed E-state index contributed by atoms with van der Waals surface area (Å²) in [6.07, 6.45) is 1.02. The van der Waals surface area contributed by atoms with Crippen molar-refractivity contribution in [1.82, 2.24) is 0 Å². The zero-order valence-electron chi connectivity index (χ0n) is 22.7. The number of nitrogens with zero attached hydrogens (tertiary/aromatic N) is 2. The van der Waals surface area contributed by atoms with Gasteiger partial charge in [0.05, 0.1) is 30.6 Å². The number of hydrogen-bond donors (Lipinski definition) is 0. The second-order valence-corrected chi connectivity index (χ2v) is 10.0. The molecule has 4 aromatic carbocycles. The highest BCUT2D eigenvalue weighted by molar-refractivity contribution is 6.24. The Bertz CT molecular complexity index is 1540. The largest absolute Gasteiger partial charge is 0.490 e. The van der Waals surface area contributed by atoms with Crippen molar-refractivity contribution in [2.75, 3.05) is 23.2 Å². The lowest BCUT2D eigenvalue weighted by atomic mass is 9.90. The molecule has 204 valence electrons. The summed E-state index contributed by atoms with van der Waals surface area (Å²) in [7, 11) is 0. The van der Waals surface area contributed by atoms with Crippen molar-refractivity contribution < 1.29 is 23.9 Å². The number of fused-ring (bicyclic) bond motifs is 2. The Hall–Kier alpha value is -4.36. The first kappa shape index (κ1) is 25.9. The topological polar surface area (TPSA) is 68.3 Å². The van der Waals surface area contributed by atoms with E-state index in [0.717, 1.165) is 34.9 Å². The normalized spacial score (nSPS) is 20.3. The summed E-state index contributed by atoms with van der Waals surface area (Å²) in [6.45, 7) is 5.10. The van der Waals surface area contributed by atoms with E-state index in [1.165, 1.54) is 4.90 Å². The van der Waals surface area contributed by atoms with Gasteiger partial charge in [-0.1, -0.05) is 67.9 Å². The second-order valence-electron chi connectivity index (χ2n) is 10.0. The van der Waals surface area contributed by atoms with Gasteiger partial charge in [-0.3, -0.25) is 14.4 Å². The van der Waals surface area contributed by atoms with Crippen LogP contribution in [0.1, 0.15) is 38.3 Å². The van der Waals surface area contributed by atoms with Crippen LogP contribution in [0, 0.1) is 5.92 Å². The Balaban J connectivity index is 1.40. The Morgan fingerprint density at radius 2 is 1.52 bits per heavy atom. The van der Waals surface area contributed by atoms with E-state index in [1.54, 1.807) is 5.06 Å². The number of anilines is 2. The van der Waals surface area contributed by atoms with Crippen LogP contribution < -0.4 is 19.4 Å². The third-order valence-corrected chi connectivity index (χ3v) is 7.48. The van der Waals surface area contributed by atoms with E-state index in [9.17, 15) is 9.59 Å². The maximum Gasteiger partial charge on any atom is 0.266 e. The van der Waals surface area contributed by atoms with Gasteiger partial charge in [-0.05, 0) is 66.1 Å². The molecule has 2 amide bonds. The first-order chi connectivity index (χ1) is 19.6. The monoisotopic (exact) mass is 536 g/mol. The van der Waals surface area contributed by atoms with Gasteiger partial charge in [0.15, 0.2) is 17.6 Å². The predicted octanol–water partition coefficient (Wildman–Crippen LogP) is 6.47. The van der Waals surface area contributed by atoms with Crippen LogP contribution in [0.25, 0.3) is 10.8 Å². The maximum atomic E-state index is 14.1. The Kier molecular flexibility index (Phi) is 7.13. The van der Waals surface area contributed by atoms with Crippen molar-refractivity contribution in [2.24, 2.45) is 5.92 Å². The van der Waals surface area contributed by atoms with Gasteiger partial charge in [-0.2, -0.15) is 0 Å². The maximum absolute atomic E-state index is 14.1. The summed E-state index contributed by atoms with van der Waals surface area (Å²) < 4.78 is 11.9. The first-order valence-electron chi connectivity index (χ1n) is 13.9. The van der Waals surface area contributed by atoms with Crippen LogP contribution in [-0.2, 0) is 14.4 Å². The Labute approximate surface area is 233 Å². The molecular weight excluding hydrogens is 504 g/mol. The van der Waals surface area contributed by atoms with Crippen LogP contribution in [0.3, 0.4) is 0 Å². The van der Waals surface area contributed by atoms with Crippen LogP contribution in [0.2, 0.25) is 0 Å². The fourth-order valence-corrected chi connectivity index (χ4v) is 5.55. The summed E-state index contributed by atoms with van der Waals surface area (Å²) in [5, 5.41) is 3.70. The van der Waals surface area contributed by atoms with E-state index in [4.69, 9.17) is 14.3 Å². The van der Waals surface area contributed by atoms with Crippen LogP contribution in [-0.4, -0.2) is 31.1 Å². The molecule has 0 aromatic heterocycles. The molecule has 0 unspecified atom stereocenters. The van der Waals surface area contributed by atoms with Gasteiger partial charge in [0, 0.05) is 0 Å². The number of rotatable bonds is 9. The molecule has 2 aliphatic heterocycles. The zero-order chi connectivity index (χ0) is 27.6. The molecule has 4 aromatic rings. The van der Waals surface area contributed by atoms with Gasteiger partial charge in [0.1, 0.15) is 5.92 Å². The van der Waals surface area contributed by atoms with Crippen molar-refractivity contribution in [2.45, 2.75) is 38.8 Å². The number of para-hydroxylation sites is 1. The number of carbonyl (C=O) groups excluding carboxylic acids is 2. The Morgan fingerprint density at radius 3 is 2.30 bits per heavy atom. The molecular formula is C33H32N2O5. The molecule has 0 radical (unpaired) electrons. The van der Waals surface area contributed by atoms with Gasteiger partial charge < -0.3 is 9.47 Å². The van der Waals surface area contributed by atoms with Crippen LogP contribution in [0.15, 0.2) is 91.0 Å². The lowest BCUT2D eigenvalue weighted by molar-refractivity contribution is -0.126. The summed E-state index contributed by atoms with van der Waals surface area (Å²) in [4.78, 5) is 35.5. The van der Waals surface area contributed by atoms with Crippen molar-refractivity contribution in [1.29, 1.82) is 0 Å². The summed E-state index contributed by atoms with van der Waals surface area (Å²) in [5.74, 6) is -0.114. The number of amides is 2. The smallest absolute Gasteiger partial charge is 0.266 e. The minimum Gasteiger partial charge on any atom is -0.490 e. The van der Waals surface area contributed by atoms with Crippen molar-refractivity contribution in [3.05, 3.63) is 96.6 Å². The number of hydroxylamine groups is 1. The fraction of sp³-hybridized carbons (Fsp3) is 0.273. The molecule has 7 nitrogen and oxygen atoms in total. The van der Waals surface area contributed by atoms with Crippen molar-refractivity contribution >= 4 is 34.0 Å². The molecule has 0 saturated carbocycles. The third-order valence-electron chi connectivity index (χ3n) is 7.48. The van der Waals surface area contributed by atoms with E-state index in [2.05, 4.69) is 6.92 Å². The zero-order valence-corrected chi connectivity index (χ0v) is 22.7. The molecule has 2 aliphatic rings. The fourth-order valence-electron chi connectivity index (χ4n) is 5.55. The number of unbranched alkanes of at least 4 members (excludes halogenated alkanes) is 1. The van der Waals surface area contributed by atoms with Gasteiger partial charge in [0.2, 0.25) is 5.91 Å². The molecule has 0 aliphatic carbocycles. The summed E-state index contributed by atoms with van der Waals surface area (Å²) >= 11 is 0. The highest BCUT2D eigenvalue weighted by Crippen LogP contribution is 2.49. The SMILES string of the molecule is CCCCOc1ccc([C@@H]2[C@@H]3C(=O)N(c4ccc5ccccc5c4)C(=O)[C@@H]3ON2c2ccccc2)cc1OCC. The number of ether oxygens (including phenoxy) is 2. The van der Waals surface area contributed by atoms with Gasteiger partial charge >= 0.3 is 0 Å². The van der Waals surface area contributed by atoms with Crippen molar-refractivity contribution in [3.63, 3.8) is 0 Å². The molecule has 2 saturated heterocycles. The molecule has 2 fully saturated rings. The number of imide groups is 1. The lowest BCUT2D eigenvalue weighted by Gasteiger charge is -2.29. The standard InChI is InChI=1S/C33H32N2O5/c1-3-5-19-39-27-18-16-24(21-28(27)38-4-2)30-29-31(40-35(30)25-13-7-6-8-14-25)33(37)34(32(29)36)26-17-15-22-11-9-10-12-23(22)20-26/h6-18,20-21,29-31H,3-5,19H2,1-2H3/t29-,30+,31+/m0/s1. The van der Waals surface area contributed by atoms with E-state index in [1.807, 2.05) is 97.9 Å². The summed E-state index contributed by atoms with van der Waals surface area (Å²) in [5.41, 5.74) is 2.12. The van der Waals surface area contributed by atoms with Crippen molar-refractivity contribution in [3.8, 4) is 11.5 Å². The van der Waals surface area contributed by atoms with Gasteiger partial charge in [-0.25, -0.2) is 9.96 Å². The first-order valence-corrected chi connectivity index (χ1v) is 13.9. The van der Waals surface area contributed by atoms with Gasteiger partial charge in [-0.15, -0.1) is 0 Å². The van der Waals surface area contributed by atoms with E-state index < -0.39 is 18.1 Å². The highest BCUT2D eigenvalue weighted by Gasteiger charge is 2.60. The average Bonchev–Trinajstić information content (AvgIpc) is 3.49. The highest BCUT2D eigenvalue weighted by atomic mass is 16.7. The molecule has 0 spiro atoms. The van der Waals surface area contributed by atoms with Crippen LogP contribution in [0.4, 0.5) is 11.4 Å². The third kappa shape index (κ3) is 4.56. The van der Waals surface area contributed by atoms with E-state index in [-0.39, 0.29) is 11.8 Å². The molecule has 40 heavy (non-hydrogen) atoms. The molecule has 7 heteroatoms. The molecule has 0 N–H and O–H groups in total. The van der Waals surface area contributed by atoms with Crippen LogP contribution >= 0.6 is 0 Å². The quantitative estimate of drug-likeness (QED) is 0.180. The number of carbonyl (C=O) groups is 2. The Morgan fingerprint density at radius 1 is 0.750 bits per heavy atom. The van der Waals surface area contributed by atoms with Crippen LogP contribution in [0.5, 0.6) is 11.5 Å². The van der Waals surface area contributed by atoms with E-state index in [0.29, 0.717) is 30.4 Å². The average molecular weight is 537 g/mol. The minimum absolute atomic E-state index is 0.282. The van der Waals surface area contributed by atoms with Gasteiger partial charge in [0.25, 0.3) is 5.91 Å². The number of benzene rings is 4. The minimum atomic E-state index is -0.944.